The van der Waals surface area contributed by atoms with Crippen molar-refractivity contribution in [2.75, 3.05) is 60.1 Å². The van der Waals surface area contributed by atoms with Gasteiger partial charge in [-0.15, -0.1) is 0 Å². The van der Waals surface area contributed by atoms with Gasteiger partial charge >= 0.3 is 0 Å². The van der Waals surface area contributed by atoms with E-state index in [1.54, 1.807) is 26.4 Å². The average Bonchev–Trinajstić information content (AvgIpc) is 2.80. The molecule has 0 N–H and O–H groups in total. The Morgan fingerprint density at radius 3 is 2.19 bits per heavy atom. The van der Waals surface area contributed by atoms with Gasteiger partial charge in [0.25, 0.3) is 0 Å². The normalized spacial score (nSPS) is 17.6. The number of hydrogen-bond donors (Lipinski definition) is 0. The summed E-state index contributed by atoms with van der Waals surface area (Å²) in [6.07, 6.45) is 9.10. The molecule has 1 saturated heterocycles. The van der Waals surface area contributed by atoms with Crippen LogP contribution in [0.1, 0.15) is 33.6 Å². The molecule has 31 heavy (non-hydrogen) atoms. The summed E-state index contributed by atoms with van der Waals surface area (Å²) < 4.78 is 16.5. The van der Waals surface area contributed by atoms with Gasteiger partial charge in [0.2, 0.25) is 0 Å². The minimum Gasteiger partial charge on any atom is -0.498 e. The van der Waals surface area contributed by atoms with Gasteiger partial charge in [-0.2, -0.15) is 5.26 Å². The maximum absolute atomic E-state index is 8.99. The number of nitriles is 1. The second-order valence-corrected chi connectivity index (χ2v) is 7.53. The van der Waals surface area contributed by atoms with Gasteiger partial charge in [0.1, 0.15) is 18.1 Å². The molecule has 0 spiro atoms. The van der Waals surface area contributed by atoms with Crippen LogP contribution in [0, 0.1) is 11.3 Å². The Labute approximate surface area is 188 Å². The smallest absolute Gasteiger partial charge is 0.156 e. The monoisotopic (exact) mass is 429 g/mol. The lowest BCUT2D eigenvalue weighted by atomic mass is 10.1. The first kappa shape index (κ1) is 26.5. The molecule has 0 atom stereocenters. The van der Waals surface area contributed by atoms with Gasteiger partial charge in [-0.1, -0.05) is 19.1 Å². The third-order valence-corrected chi connectivity index (χ3v) is 5.39. The molecule has 0 saturated carbocycles. The number of allylic oxidation sites excluding steroid dienone is 6. The Morgan fingerprint density at radius 1 is 1.03 bits per heavy atom. The maximum Gasteiger partial charge on any atom is 0.156 e. The molecule has 1 aliphatic heterocycles. The standard InChI is InChI=1S/C25H39N3O3/c1-7-23(20-26)9-10-24(8-2)31-18-17-28-15-13-27(14-16-28)12-11-21(3)19-25(30-6)22(4)29-5/h8-10,19H,2,7,11-18H2,1,3-6H3/b21-19+,23-9+,24-10+,25-22-. The van der Waals surface area contributed by atoms with Crippen molar-refractivity contribution < 1.29 is 14.2 Å². The zero-order chi connectivity index (χ0) is 23.1. The third-order valence-electron chi connectivity index (χ3n) is 5.39. The summed E-state index contributed by atoms with van der Waals surface area (Å²) in [5, 5.41) is 8.99. The topological polar surface area (TPSA) is 58.0 Å². The molecule has 1 heterocycles. The molecule has 6 nitrogen and oxygen atoms in total. The molecule has 1 fully saturated rings. The van der Waals surface area contributed by atoms with Crippen molar-refractivity contribution in [3.63, 3.8) is 0 Å². The Balaban J connectivity index is 2.37. The number of nitrogens with zero attached hydrogens (tertiary/aromatic N) is 3. The van der Waals surface area contributed by atoms with E-state index in [-0.39, 0.29) is 0 Å². The number of piperazine rings is 1. The van der Waals surface area contributed by atoms with E-state index in [4.69, 9.17) is 19.5 Å². The number of methoxy groups -OCH3 is 2. The van der Waals surface area contributed by atoms with E-state index in [9.17, 15) is 0 Å². The van der Waals surface area contributed by atoms with Gasteiger partial charge < -0.3 is 19.1 Å². The van der Waals surface area contributed by atoms with E-state index < -0.39 is 0 Å². The van der Waals surface area contributed by atoms with Crippen LogP contribution in [0.5, 0.6) is 0 Å². The van der Waals surface area contributed by atoms with Crippen LogP contribution in [-0.4, -0.2) is 69.9 Å². The van der Waals surface area contributed by atoms with E-state index in [0.717, 1.165) is 62.8 Å². The summed E-state index contributed by atoms with van der Waals surface area (Å²) in [4.78, 5) is 4.93. The van der Waals surface area contributed by atoms with E-state index in [1.807, 2.05) is 19.9 Å². The zero-order valence-electron chi connectivity index (χ0n) is 19.9. The molecule has 0 radical (unpaired) electrons. The largest absolute Gasteiger partial charge is 0.498 e. The summed E-state index contributed by atoms with van der Waals surface area (Å²) in [7, 11) is 3.33. The van der Waals surface area contributed by atoms with Gasteiger partial charge in [0.15, 0.2) is 5.76 Å². The number of ether oxygens (including phenoxy) is 3. The summed E-state index contributed by atoms with van der Waals surface area (Å²) in [6.45, 7) is 16.6. The van der Waals surface area contributed by atoms with Crippen LogP contribution >= 0.6 is 0 Å². The molecule has 0 bridgehead atoms. The lowest BCUT2D eigenvalue weighted by molar-refractivity contribution is 0.104. The first-order valence-corrected chi connectivity index (χ1v) is 10.9. The lowest BCUT2D eigenvalue weighted by Gasteiger charge is -2.34. The van der Waals surface area contributed by atoms with Gasteiger partial charge in [0.05, 0.1) is 20.3 Å². The van der Waals surface area contributed by atoms with E-state index in [2.05, 4.69) is 35.4 Å². The second-order valence-electron chi connectivity index (χ2n) is 7.53. The fourth-order valence-electron chi connectivity index (χ4n) is 3.16. The first-order chi connectivity index (χ1) is 15.0. The molecule has 1 aliphatic rings. The lowest BCUT2D eigenvalue weighted by Crippen LogP contribution is -2.47. The van der Waals surface area contributed by atoms with Crippen LogP contribution in [0.4, 0.5) is 0 Å². The molecule has 1 rings (SSSR count). The van der Waals surface area contributed by atoms with Crippen LogP contribution in [0.25, 0.3) is 0 Å². The molecule has 0 aromatic rings. The predicted octanol–water partition coefficient (Wildman–Crippen LogP) is 4.41. The van der Waals surface area contributed by atoms with Crippen LogP contribution in [-0.2, 0) is 14.2 Å². The molecule has 0 aromatic carbocycles. The van der Waals surface area contributed by atoms with Crippen molar-refractivity contribution in [1.29, 1.82) is 5.26 Å². The second kappa shape index (κ2) is 15.3. The maximum atomic E-state index is 8.99. The van der Waals surface area contributed by atoms with Crippen molar-refractivity contribution >= 4 is 0 Å². The van der Waals surface area contributed by atoms with Crippen molar-refractivity contribution in [1.82, 2.24) is 9.80 Å². The molecule has 0 aromatic heterocycles. The Morgan fingerprint density at radius 2 is 1.68 bits per heavy atom. The van der Waals surface area contributed by atoms with Crippen LogP contribution in [0.3, 0.4) is 0 Å². The van der Waals surface area contributed by atoms with E-state index in [1.165, 1.54) is 5.57 Å². The molecule has 172 valence electrons. The van der Waals surface area contributed by atoms with Crippen LogP contribution < -0.4 is 0 Å². The Kier molecular flexibility index (Phi) is 13.1. The summed E-state index contributed by atoms with van der Waals surface area (Å²) >= 11 is 0. The fraction of sp³-hybridized carbons (Fsp3) is 0.560. The molecular formula is C25H39N3O3. The van der Waals surface area contributed by atoms with Gasteiger partial charge in [-0.05, 0) is 51.0 Å². The predicted molar refractivity (Wildman–Crippen MR) is 126 cm³/mol. The van der Waals surface area contributed by atoms with Crippen LogP contribution in [0.2, 0.25) is 0 Å². The fourth-order valence-corrected chi connectivity index (χ4v) is 3.16. The highest BCUT2D eigenvalue weighted by Crippen LogP contribution is 2.13. The molecular weight excluding hydrogens is 390 g/mol. The van der Waals surface area contributed by atoms with Crippen molar-refractivity contribution in [3.8, 4) is 6.07 Å². The minimum atomic E-state index is 0.618. The van der Waals surface area contributed by atoms with E-state index in [0.29, 0.717) is 18.8 Å². The summed E-state index contributed by atoms with van der Waals surface area (Å²) in [5.41, 5.74) is 2.01. The molecule has 0 unspecified atom stereocenters. The first-order valence-electron chi connectivity index (χ1n) is 10.9. The van der Waals surface area contributed by atoms with E-state index >= 15 is 0 Å². The molecule has 0 aliphatic carbocycles. The number of hydrogen-bond acceptors (Lipinski definition) is 6. The number of rotatable bonds is 13. The highest BCUT2D eigenvalue weighted by molar-refractivity contribution is 5.28. The van der Waals surface area contributed by atoms with Crippen molar-refractivity contribution in [3.05, 3.63) is 59.3 Å². The Bertz CT molecular complexity index is 721. The van der Waals surface area contributed by atoms with Crippen molar-refractivity contribution in [2.45, 2.75) is 33.6 Å². The molecule has 6 heteroatoms. The van der Waals surface area contributed by atoms with Gasteiger partial charge in [-0.25, -0.2) is 0 Å². The minimum absolute atomic E-state index is 0.618. The SMILES string of the molecule is C=C/C(=C\C=C(\C#N)CC)OCCN1CCN(CC/C(C)=C/C(OC)=C(\C)OC)CC1. The van der Waals surface area contributed by atoms with Crippen LogP contribution in [0.15, 0.2) is 59.3 Å². The molecule has 0 amide bonds. The highest BCUT2D eigenvalue weighted by Gasteiger charge is 2.16. The van der Waals surface area contributed by atoms with Crippen molar-refractivity contribution in [2.24, 2.45) is 0 Å². The van der Waals surface area contributed by atoms with Gasteiger partial charge in [0, 0.05) is 44.8 Å². The average molecular weight is 430 g/mol. The Hall–Kier alpha value is -2.49. The summed E-state index contributed by atoms with van der Waals surface area (Å²) in [5.74, 6) is 2.28. The highest BCUT2D eigenvalue weighted by atomic mass is 16.5. The third kappa shape index (κ3) is 10.4. The zero-order valence-corrected chi connectivity index (χ0v) is 19.9. The summed E-state index contributed by atoms with van der Waals surface area (Å²) in [6, 6.07) is 2.18. The quantitative estimate of drug-likeness (QED) is 0.246. The van der Waals surface area contributed by atoms with Gasteiger partial charge in [-0.3, -0.25) is 4.90 Å².